The molecule has 0 aromatic heterocycles. The first-order chi connectivity index (χ1) is 15.6. The molecular formula is C26H28ClN3O2. The third-order valence-corrected chi connectivity index (χ3v) is 6.87. The largest absolute Gasteiger partial charge is 0.380 e. The average molecular weight is 450 g/mol. The fraction of sp³-hybridized carbons (Fsp3) is 0.385. The van der Waals surface area contributed by atoms with Crippen LogP contribution in [-0.4, -0.2) is 43.3 Å². The van der Waals surface area contributed by atoms with E-state index in [1.54, 1.807) is 19.5 Å². The number of ether oxygens (including phenoxy) is 1. The van der Waals surface area contributed by atoms with Gasteiger partial charge < -0.3 is 15.0 Å². The van der Waals surface area contributed by atoms with Gasteiger partial charge in [0.15, 0.2) is 0 Å². The molecule has 1 aliphatic carbocycles. The Hall–Kier alpha value is -2.63. The van der Waals surface area contributed by atoms with Crippen LogP contribution in [0, 0.1) is 0 Å². The Kier molecular flexibility index (Phi) is 6.03. The standard InChI is InChI=1S/C26H28ClN3O2/c1-32-16-20-12-18(23-5-3-2-4-22(23)17-6-7-17)8-9-21(20)19-10-11-30(15-19)26(31)24-13-29-25(27)14-28-24/h2-5,8-9,12-14,17,19,24,28H,6-7,10-11,15-16H2,1H3. The second-order valence-corrected chi connectivity index (χ2v) is 9.25. The van der Waals surface area contributed by atoms with Gasteiger partial charge in [-0.2, -0.15) is 0 Å². The summed E-state index contributed by atoms with van der Waals surface area (Å²) in [5.74, 6) is 1.05. The summed E-state index contributed by atoms with van der Waals surface area (Å²) in [6.45, 7) is 2.02. The highest BCUT2D eigenvalue weighted by molar-refractivity contribution is 6.30. The van der Waals surface area contributed by atoms with E-state index >= 15 is 0 Å². The Morgan fingerprint density at radius 2 is 2.00 bits per heavy atom. The van der Waals surface area contributed by atoms with Crippen molar-refractivity contribution in [3.05, 3.63) is 70.5 Å². The molecule has 166 valence electrons. The lowest BCUT2D eigenvalue weighted by Crippen LogP contribution is -2.45. The molecule has 5 nitrogen and oxygen atoms in total. The van der Waals surface area contributed by atoms with Gasteiger partial charge in [-0.15, -0.1) is 0 Å². The molecule has 2 aromatic carbocycles. The van der Waals surface area contributed by atoms with Crippen molar-refractivity contribution in [3.8, 4) is 11.1 Å². The van der Waals surface area contributed by atoms with Crippen LogP contribution in [0.5, 0.6) is 0 Å². The fourth-order valence-electron chi connectivity index (χ4n) is 4.89. The molecular weight excluding hydrogens is 422 g/mol. The van der Waals surface area contributed by atoms with Crippen LogP contribution in [0.4, 0.5) is 0 Å². The van der Waals surface area contributed by atoms with E-state index in [2.05, 4.69) is 52.8 Å². The molecule has 0 radical (unpaired) electrons. The van der Waals surface area contributed by atoms with Crippen molar-refractivity contribution in [2.45, 2.75) is 43.7 Å². The van der Waals surface area contributed by atoms with Crippen LogP contribution in [0.1, 0.15) is 47.8 Å². The van der Waals surface area contributed by atoms with Crippen molar-refractivity contribution in [2.24, 2.45) is 4.99 Å². The third-order valence-electron chi connectivity index (χ3n) is 6.67. The zero-order chi connectivity index (χ0) is 22.1. The fourth-order valence-corrected chi connectivity index (χ4v) is 5.01. The number of carbonyl (C=O) groups excluding carboxylic acids is 1. The maximum absolute atomic E-state index is 12.9. The van der Waals surface area contributed by atoms with E-state index in [1.807, 2.05) is 4.90 Å². The van der Waals surface area contributed by atoms with Gasteiger partial charge in [0.2, 0.25) is 0 Å². The van der Waals surface area contributed by atoms with Gasteiger partial charge in [-0.25, -0.2) is 4.99 Å². The van der Waals surface area contributed by atoms with E-state index in [1.165, 1.54) is 40.7 Å². The second kappa shape index (κ2) is 9.08. The number of carbonyl (C=O) groups is 1. The van der Waals surface area contributed by atoms with Crippen LogP contribution >= 0.6 is 11.6 Å². The summed E-state index contributed by atoms with van der Waals surface area (Å²) in [4.78, 5) is 18.9. The van der Waals surface area contributed by atoms with Gasteiger partial charge in [0, 0.05) is 38.5 Å². The predicted octanol–water partition coefficient (Wildman–Crippen LogP) is 4.77. The molecule has 2 heterocycles. The van der Waals surface area contributed by atoms with Crippen LogP contribution in [0.3, 0.4) is 0 Å². The number of rotatable bonds is 6. The molecule has 1 amide bonds. The van der Waals surface area contributed by atoms with Gasteiger partial charge in [-0.05, 0) is 59.1 Å². The van der Waals surface area contributed by atoms with Crippen molar-refractivity contribution >= 4 is 23.7 Å². The summed E-state index contributed by atoms with van der Waals surface area (Å²) in [5, 5.41) is 3.38. The number of aliphatic imine (C=N–C) groups is 1. The SMILES string of the molecule is COCc1cc(-c2ccccc2C2CC2)ccc1C1CCN(C(=O)C2C=NC(Cl)=CN2)C1. The number of benzene rings is 2. The Morgan fingerprint density at radius 1 is 1.16 bits per heavy atom. The Balaban J connectivity index is 1.36. The van der Waals surface area contributed by atoms with Crippen LogP contribution < -0.4 is 5.32 Å². The number of nitrogens with zero attached hydrogens (tertiary/aromatic N) is 2. The van der Waals surface area contributed by atoms with Crippen LogP contribution in [0.25, 0.3) is 11.1 Å². The van der Waals surface area contributed by atoms with E-state index in [-0.39, 0.29) is 5.91 Å². The molecule has 2 unspecified atom stereocenters. The molecule has 1 saturated heterocycles. The van der Waals surface area contributed by atoms with Crippen molar-refractivity contribution in [1.82, 2.24) is 10.2 Å². The van der Waals surface area contributed by atoms with Crippen molar-refractivity contribution in [1.29, 1.82) is 0 Å². The number of hydrogen-bond acceptors (Lipinski definition) is 4. The van der Waals surface area contributed by atoms with Crippen LogP contribution in [0.2, 0.25) is 0 Å². The number of hydrogen-bond donors (Lipinski definition) is 1. The summed E-state index contributed by atoms with van der Waals surface area (Å²) >= 11 is 5.85. The van der Waals surface area contributed by atoms with Gasteiger partial charge >= 0.3 is 0 Å². The van der Waals surface area contributed by atoms with Gasteiger partial charge in [0.1, 0.15) is 11.2 Å². The van der Waals surface area contributed by atoms with Crippen molar-refractivity contribution in [3.63, 3.8) is 0 Å². The maximum atomic E-state index is 12.9. The van der Waals surface area contributed by atoms with E-state index in [4.69, 9.17) is 16.3 Å². The Morgan fingerprint density at radius 3 is 2.75 bits per heavy atom. The molecule has 2 aromatic rings. The summed E-state index contributed by atoms with van der Waals surface area (Å²) in [6.07, 6.45) is 6.68. The number of halogens is 1. The van der Waals surface area contributed by atoms with Crippen LogP contribution in [0.15, 0.2) is 58.8 Å². The summed E-state index contributed by atoms with van der Waals surface area (Å²) in [5.41, 5.74) is 6.53. The van der Waals surface area contributed by atoms with E-state index in [9.17, 15) is 4.79 Å². The normalized spacial score (nSPS) is 22.6. The minimum Gasteiger partial charge on any atom is -0.380 e. The predicted molar refractivity (Wildman–Crippen MR) is 128 cm³/mol. The van der Waals surface area contributed by atoms with Crippen molar-refractivity contribution < 1.29 is 9.53 Å². The highest BCUT2D eigenvalue weighted by Crippen LogP contribution is 2.44. The minimum atomic E-state index is -0.448. The van der Waals surface area contributed by atoms with Crippen LogP contribution in [-0.2, 0) is 16.1 Å². The van der Waals surface area contributed by atoms with E-state index in [0.29, 0.717) is 30.1 Å². The monoisotopic (exact) mass is 449 g/mol. The molecule has 0 spiro atoms. The zero-order valence-electron chi connectivity index (χ0n) is 18.3. The lowest BCUT2D eigenvalue weighted by molar-refractivity contribution is -0.130. The molecule has 1 saturated carbocycles. The molecule has 2 aliphatic heterocycles. The molecule has 5 rings (SSSR count). The number of likely N-dealkylation sites (tertiary alicyclic amines) is 1. The molecule has 2 atom stereocenters. The zero-order valence-corrected chi connectivity index (χ0v) is 19.0. The van der Waals surface area contributed by atoms with E-state index in [0.717, 1.165) is 13.0 Å². The van der Waals surface area contributed by atoms with Gasteiger partial charge in [-0.3, -0.25) is 4.79 Å². The average Bonchev–Trinajstić information content (AvgIpc) is 3.56. The molecule has 3 aliphatic rings. The van der Waals surface area contributed by atoms with Gasteiger partial charge in [0.05, 0.1) is 6.61 Å². The smallest absolute Gasteiger partial charge is 0.250 e. The highest BCUT2D eigenvalue weighted by atomic mass is 35.5. The molecule has 32 heavy (non-hydrogen) atoms. The van der Waals surface area contributed by atoms with Gasteiger partial charge in [-0.1, -0.05) is 48.0 Å². The number of methoxy groups -OCH3 is 1. The Bertz CT molecular complexity index is 1080. The third kappa shape index (κ3) is 4.32. The summed E-state index contributed by atoms with van der Waals surface area (Å²) in [7, 11) is 1.74. The summed E-state index contributed by atoms with van der Waals surface area (Å²) < 4.78 is 5.56. The summed E-state index contributed by atoms with van der Waals surface area (Å²) in [6, 6.07) is 15.1. The number of nitrogens with one attached hydrogen (secondary N) is 1. The minimum absolute atomic E-state index is 0.0416. The van der Waals surface area contributed by atoms with E-state index < -0.39 is 6.04 Å². The lowest BCUT2D eigenvalue weighted by Gasteiger charge is -2.23. The Labute approximate surface area is 194 Å². The topological polar surface area (TPSA) is 53.9 Å². The first-order valence-electron chi connectivity index (χ1n) is 11.3. The maximum Gasteiger partial charge on any atom is 0.250 e. The quantitative estimate of drug-likeness (QED) is 0.646. The molecule has 0 bridgehead atoms. The molecule has 1 N–H and O–H groups in total. The molecule has 2 fully saturated rings. The first kappa shape index (κ1) is 21.2. The van der Waals surface area contributed by atoms with Crippen molar-refractivity contribution in [2.75, 3.05) is 20.2 Å². The molecule has 6 heteroatoms. The van der Waals surface area contributed by atoms with Gasteiger partial charge in [0.25, 0.3) is 5.91 Å². The first-order valence-corrected chi connectivity index (χ1v) is 11.7. The second-order valence-electron chi connectivity index (χ2n) is 8.87. The highest BCUT2D eigenvalue weighted by Gasteiger charge is 2.32. The lowest BCUT2D eigenvalue weighted by atomic mass is 9.89. The number of amides is 1.